The van der Waals surface area contributed by atoms with Crippen molar-refractivity contribution in [3.05, 3.63) is 29.8 Å². The Balaban J connectivity index is 2.04. The van der Waals surface area contributed by atoms with Gasteiger partial charge in [-0.25, -0.2) is 0 Å². The summed E-state index contributed by atoms with van der Waals surface area (Å²) in [6, 6.07) is -4.91. The highest BCUT2D eigenvalue weighted by Gasteiger charge is 2.41. The number of aromatic hydroxyl groups is 1. The van der Waals surface area contributed by atoms with Crippen LogP contribution in [0.4, 0.5) is 0 Å². The fourth-order valence-corrected chi connectivity index (χ4v) is 11.2. The number of phenolic OH excluding ortho intramolecular Hbond substituents is 1. The second-order valence-electron chi connectivity index (χ2n) is 17.5. The van der Waals surface area contributed by atoms with Crippen molar-refractivity contribution in [1.29, 1.82) is 0 Å². The van der Waals surface area contributed by atoms with Crippen LogP contribution >= 0.6 is 31.4 Å². The lowest BCUT2D eigenvalue weighted by Gasteiger charge is -2.31. The highest BCUT2D eigenvalue weighted by atomic mass is 33.5. The lowest BCUT2D eigenvalue weighted by atomic mass is 9.96. The van der Waals surface area contributed by atoms with Gasteiger partial charge in [0.1, 0.15) is 48.0 Å². The molecule has 0 aromatic heterocycles. The molecule has 2 aliphatic heterocycles. The van der Waals surface area contributed by atoms with E-state index in [1.54, 1.807) is 26.0 Å². The van der Waals surface area contributed by atoms with Gasteiger partial charge in [0.2, 0.25) is 65.0 Å². The molecule has 388 valence electrons. The van der Waals surface area contributed by atoms with Crippen molar-refractivity contribution in [2.24, 2.45) is 34.8 Å². The van der Waals surface area contributed by atoms with E-state index in [-0.39, 0.29) is 49.0 Å². The second-order valence-corrected chi connectivity index (χ2v) is 21.8. The Kier molecular flexibility index (Phi) is 24.0. The van der Waals surface area contributed by atoms with Crippen molar-refractivity contribution in [1.82, 2.24) is 42.1 Å². The van der Waals surface area contributed by atoms with Gasteiger partial charge < -0.3 is 70.2 Å². The van der Waals surface area contributed by atoms with Gasteiger partial charge in [-0.2, -0.15) is 0 Å². The molecule has 2 aliphatic rings. The zero-order valence-corrected chi connectivity index (χ0v) is 41.9. The summed E-state index contributed by atoms with van der Waals surface area (Å²) in [6.07, 6.45) is -0.657. The van der Waals surface area contributed by atoms with Gasteiger partial charge in [0, 0.05) is 30.9 Å². The maximum Gasteiger partial charge on any atom is 0.246 e. The number of primary amides is 3. The number of phenols is 1. The third-order valence-corrected chi connectivity index (χ3v) is 15.6. The van der Waals surface area contributed by atoms with Crippen LogP contribution in [0.3, 0.4) is 0 Å². The van der Waals surface area contributed by atoms with Crippen LogP contribution < -0.4 is 60.2 Å². The minimum absolute atomic E-state index is 0.0156. The number of amides is 11. The SMILES string of the molecule is CC[C@H](C)[C@@H]1NC(=O)[C@H](Cc2ccc(O)cc2)NC(=O)[C@H](N)CSSSC[C@@H](C(=O)N2CCC[C@H]2C(=O)N[C@@H](CC(C)C)C(=O)NCC(N)=O)NC(=O)[C@H](CC(N)=O)NC(=O)[C@H](CCC(N)=O)NC1=O. The molecule has 16 N–H and O–H groups in total. The van der Waals surface area contributed by atoms with E-state index in [1.807, 2.05) is 13.8 Å². The van der Waals surface area contributed by atoms with Gasteiger partial charge in [-0.05, 0) is 65.0 Å². The summed E-state index contributed by atoms with van der Waals surface area (Å²) < 4.78 is 0. The van der Waals surface area contributed by atoms with Crippen molar-refractivity contribution in [2.45, 2.75) is 127 Å². The van der Waals surface area contributed by atoms with Gasteiger partial charge in [-0.1, -0.05) is 67.8 Å². The molecule has 0 radical (unpaired) electrons. The largest absolute Gasteiger partial charge is 0.508 e. The standard InChI is InChI=1S/C43H66N12O12S3/c1-5-22(4)35-42(66)49-26(12-13-32(45)57)38(62)51-29(17-33(46)58)39(63)53-30(43(67)55-14-6-7-31(55)41(65)52-27(15-21(2)3)37(61)48-18-34(47)59)20-69-70-68-19-25(44)36(60)50-28(40(64)54-35)16-23-8-10-24(56)11-9-23/h8-11,21-22,25-31,35,56H,5-7,12-20,44H2,1-4H3,(H2,45,57)(H2,46,58)(H2,47,59)(H,48,61)(H,49,66)(H,50,60)(H,51,62)(H,52,65)(H,53,63)(H,54,64)/t22-,25+,26-,27-,28-,29-,30-,31-,35-/m0/s1. The molecule has 1 aromatic rings. The molecular weight excluding hydrogens is 973 g/mol. The molecule has 3 rings (SSSR count). The fraction of sp³-hybridized carbons (Fsp3) is 0.605. The molecule has 0 unspecified atom stereocenters. The van der Waals surface area contributed by atoms with Crippen LogP contribution in [-0.2, 0) is 59.2 Å². The summed E-state index contributed by atoms with van der Waals surface area (Å²) in [5.41, 5.74) is 22.9. The monoisotopic (exact) mass is 1040 g/mol. The first-order chi connectivity index (χ1) is 33.0. The van der Waals surface area contributed by atoms with Gasteiger partial charge >= 0.3 is 0 Å². The Morgan fingerprint density at radius 1 is 0.786 bits per heavy atom. The Bertz CT molecular complexity index is 2070. The summed E-state index contributed by atoms with van der Waals surface area (Å²) in [4.78, 5) is 148. The summed E-state index contributed by atoms with van der Waals surface area (Å²) in [7, 11) is 3.28. The number of nitrogens with two attached hydrogens (primary N) is 4. The van der Waals surface area contributed by atoms with Crippen molar-refractivity contribution in [3.63, 3.8) is 0 Å². The summed E-state index contributed by atoms with van der Waals surface area (Å²) in [6.45, 7) is 6.63. The number of benzene rings is 1. The molecular formula is C43H66N12O12S3. The number of hydrogen-bond acceptors (Lipinski definition) is 16. The van der Waals surface area contributed by atoms with E-state index in [4.69, 9.17) is 22.9 Å². The van der Waals surface area contributed by atoms with Crippen LogP contribution in [0.25, 0.3) is 0 Å². The molecule has 70 heavy (non-hydrogen) atoms. The molecule has 2 fully saturated rings. The Morgan fingerprint density at radius 2 is 1.40 bits per heavy atom. The van der Waals surface area contributed by atoms with Gasteiger partial charge in [0.15, 0.2) is 0 Å². The topological polar surface area (TPSA) is 400 Å². The van der Waals surface area contributed by atoms with Gasteiger partial charge in [0.05, 0.1) is 19.0 Å². The number of carbonyl (C=O) groups excluding carboxylic acids is 11. The summed E-state index contributed by atoms with van der Waals surface area (Å²) in [5.74, 6) is -10.2. The second kappa shape index (κ2) is 28.8. The van der Waals surface area contributed by atoms with E-state index in [0.717, 1.165) is 31.4 Å². The smallest absolute Gasteiger partial charge is 0.246 e. The molecule has 24 nitrogen and oxygen atoms in total. The molecule has 9 atom stereocenters. The van der Waals surface area contributed by atoms with Crippen molar-refractivity contribution < 1.29 is 57.8 Å². The molecule has 0 aliphatic carbocycles. The molecule has 27 heteroatoms. The zero-order chi connectivity index (χ0) is 52.2. The Labute approximate surface area is 417 Å². The predicted molar refractivity (Wildman–Crippen MR) is 262 cm³/mol. The van der Waals surface area contributed by atoms with Crippen LogP contribution in [0.5, 0.6) is 5.75 Å². The average Bonchev–Trinajstić information content (AvgIpc) is 3.79. The maximum atomic E-state index is 14.5. The quantitative estimate of drug-likeness (QED) is 0.0694. The van der Waals surface area contributed by atoms with Crippen LogP contribution in [0.15, 0.2) is 24.3 Å². The molecule has 0 spiro atoms. The van der Waals surface area contributed by atoms with E-state index < -0.39 is 145 Å². The van der Waals surface area contributed by atoms with Gasteiger partial charge in [-0.15, -0.1) is 0 Å². The third-order valence-electron chi connectivity index (χ3n) is 11.3. The van der Waals surface area contributed by atoms with Crippen LogP contribution in [0, 0.1) is 11.8 Å². The van der Waals surface area contributed by atoms with E-state index in [0.29, 0.717) is 18.4 Å². The Morgan fingerprint density at radius 3 is 2.01 bits per heavy atom. The van der Waals surface area contributed by atoms with E-state index in [9.17, 15) is 57.8 Å². The van der Waals surface area contributed by atoms with Gasteiger partial charge in [0.25, 0.3) is 0 Å². The van der Waals surface area contributed by atoms with Crippen LogP contribution in [0.1, 0.15) is 78.2 Å². The third kappa shape index (κ3) is 19.2. The van der Waals surface area contributed by atoms with Gasteiger partial charge in [-0.3, -0.25) is 52.7 Å². The number of nitrogens with zero attached hydrogens (tertiary/aromatic N) is 1. The van der Waals surface area contributed by atoms with E-state index in [1.165, 1.54) is 17.0 Å². The predicted octanol–water partition coefficient (Wildman–Crippen LogP) is -2.96. The fourth-order valence-electron chi connectivity index (χ4n) is 7.34. The van der Waals surface area contributed by atoms with Crippen LogP contribution in [-0.4, -0.2) is 148 Å². The molecule has 0 saturated carbocycles. The van der Waals surface area contributed by atoms with Crippen molar-refractivity contribution in [2.75, 3.05) is 24.6 Å². The highest BCUT2D eigenvalue weighted by molar-refractivity contribution is 9.09. The van der Waals surface area contributed by atoms with Crippen LogP contribution in [0.2, 0.25) is 0 Å². The number of nitrogens with one attached hydrogen (secondary N) is 7. The van der Waals surface area contributed by atoms with Crippen molar-refractivity contribution >= 4 is 96.4 Å². The molecule has 2 heterocycles. The number of rotatable bonds is 17. The first kappa shape index (κ1) is 58.5. The normalized spacial score (nSPS) is 24.3. The lowest BCUT2D eigenvalue weighted by molar-refractivity contribution is -0.142. The summed E-state index contributed by atoms with van der Waals surface area (Å²) in [5, 5.41) is 27.7. The molecule has 11 amide bonds. The lowest BCUT2D eigenvalue weighted by Crippen LogP contribution is -2.61. The molecule has 1 aromatic carbocycles. The number of carbonyl (C=O) groups is 11. The average molecular weight is 1040 g/mol. The first-order valence-corrected chi connectivity index (χ1v) is 26.5. The highest BCUT2D eigenvalue weighted by Crippen LogP contribution is 2.35. The number of likely N-dealkylation sites (tertiary alicyclic amines) is 1. The zero-order valence-electron chi connectivity index (χ0n) is 39.5. The first-order valence-electron chi connectivity index (χ1n) is 22.7. The number of hydrogen-bond donors (Lipinski definition) is 12. The maximum absolute atomic E-state index is 14.5. The van der Waals surface area contributed by atoms with E-state index in [2.05, 4.69) is 37.2 Å². The Hall–Kier alpha value is -5.80. The minimum atomic E-state index is -1.75. The minimum Gasteiger partial charge on any atom is -0.508 e. The molecule has 0 bridgehead atoms. The summed E-state index contributed by atoms with van der Waals surface area (Å²) >= 11 is 0. The van der Waals surface area contributed by atoms with E-state index >= 15 is 0 Å². The van der Waals surface area contributed by atoms with Crippen molar-refractivity contribution in [3.8, 4) is 5.75 Å². The molecule has 2 saturated heterocycles.